The monoisotopic (exact) mass is 1270 g/mol. The molecule has 0 aromatic heterocycles. The average molecular weight is 1270 g/mol. The minimum absolute atomic E-state index is 0.133. The van der Waals surface area contributed by atoms with Crippen molar-refractivity contribution in [3.63, 3.8) is 0 Å². The first-order valence-electron chi connectivity index (χ1n) is 40.2. The summed E-state index contributed by atoms with van der Waals surface area (Å²) in [6.45, 7) is 3.89. The second-order valence-corrected chi connectivity index (χ2v) is 28.2. The summed E-state index contributed by atoms with van der Waals surface area (Å²) in [6.07, 6.45) is 88.3. The number of ether oxygens (including phenoxy) is 2. The van der Waals surface area contributed by atoms with Crippen LogP contribution < -0.4 is 5.32 Å². The minimum atomic E-state index is -1.55. The van der Waals surface area contributed by atoms with Gasteiger partial charge in [-0.05, 0) is 51.4 Å². The van der Waals surface area contributed by atoms with Gasteiger partial charge in [-0.15, -0.1) is 0 Å². The molecule has 1 fully saturated rings. The molecule has 6 N–H and O–H groups in total. The Hall–Kier alpha value is -1.59. The third-order valence-corrected chi connectivity index (χ3v) is 19.5. The van der Waals surface area contributed by atoms with E-state index in [0.717, 1.165) is 51.4 Å². The van der Waals surface area contributed by atoms with Gasteiger partial charge in [-0.3, -0.25) is 4.79 Å². The molecule has 0 saturated carbocycles. The van der Waals surface area contributed by atoms with Crippen LogP contribution in [0.3, 0.4) is 0 Å². The maximum Gasteiger partial charge on any atom is 0.220 e. The molecule has 0 radical (unpaired) electrons. The molecule has 9 nitrogen and oxygen atoms in total. The number of hydrogen-bond acceptors (Lipinski definition) is 8. The van der Waals surface area contributed by atoms with Crippen molar-refractivity contribution < 1.29 is 39.8 Å². The van der Waals surface area contributed by atoms with E-state index in [1.807, 2.05) is 0 Å². The molecular weight excluding hydrogens is 1110 g/mol. The van der Waals surface area contributed by atoms with E-state index in [2.05, 4.69) is 55.6 Å². The highest BCUT2D eigenvalue weighted by Gasteiger charge is 2.44. The number of carbonyl (C=O) groups is 1. The van der Waals surface area contributed by atoms with Crippen LogP contribution in [0.4, 0.5) is 0 Å². The molecule has 1 aliphatic rings. The van der Waals surface area contributed by atoms with Crippen molar-refractivity contribution in [2.75, 3.05) is 13.2 Å². The quantitative estimate of drug-likeness (QED) is 0.0261. The van der Waals surface area contributed by atoms with Gasteiger partial charge in [-0.2, -0.15) is 0 Å². The number of aliphatic hydroxyl groups is 5. The molecule has 90 heavy (non-hydrogen) atoms. The van der Waals surface area contributed by atoms with Gasteiger partial charge in [0.15, 0.2) is 6.29 Å². The Morgan fingerprint density at radius 3 is 0.967 bits per heavy atom. The number of allylic oxidation sites excluding steroid dienone is 6. The zero-order valence-electron chi connectivity index (χ0n) is 59.9. The van der Waals surface area contributed by atoms with Gasteiger partial charge in [0.2, 0.25) is 5.91 Å². The van der Waals surface area contributed by atoms with Crippen molar-refractivity contribution >= 4 is 5.91 Å². The first-order chi connectivity index (χ1) is 44.3. The lowest BCUT2D eigenvalue weighted by Gasteiger charge is -2.40. The lowest BCUT2D eigenvalue weighted by Crippen LogP contribution is -2.60. The molecule has 0 aliphatic carbocycles. The second kappa shape index (κ2) is 70.2. The van der Waals surface area contributed by atoms with Crippen LogP contribution in [0.25, 0.3) is 0 Å². The largest absolute Gasteiger partial charge is 0.394 e. The fourth-order valence-corrected chi connectivity index (χ4v) is 13.2. The number of hydrogen-bond donors (Lipinski definition) is 6. The first kappa shape index (κ1) is 86.4. The van der Waals surface area contributed by atoms with Crippen LogP contribution in [-0.2, 0) is 14.3 Å². The topological polar surface area (TPSA) is 149 Å². The van der Waals surface area contributed by atoms with Crippen LogP contribution in [0.2, 0.25) is 0 Å². The van der Waals surface area contributed by atoms with Gasteiger partial charge in [0.1, 0.15) is 24.4 Å². The fourth-order valence-electron chi connectivity index (χ4n) is 13.2. The van der Waals surface area contributed by atoms with E-state index in [0.29, 0.717) is 12.8 Å². The highest BCUT2D eigenvalue weighted by atomic mass is 16.7. The molecule has 0 aromatic carbocycles. The van der Waals surface area contributed by atoms with Crippen LogP contribution in [0.1, 0.15) is 418 Å². The van der Waals surface area contributed by atoms with E-state index < -0.39 is 49.5 Å². The maximum atomic E-state index is 13.2. The second-order valence-electron chi connectivity index (χ2n) is 28.2. The van der Waals surface area contributed by atoms with Crippen molar-refractivity contribution in [3.8, 4) is 0 Å². The SMILES string of the molecule is CCCCCCC/C=C\C/C=C\C/C=C\CCCCCCCCCCCCCCCCCCCCCCCCCCC(=O)NC(COC1OC(CO)C(O)C(O)C1O)C(O)CCCCCCCCCCCCCCCCCCCCCCCCCCCCCC. The molecule has 532 valence electrons. The molecule has 1 saturated heterocycles. The average Bonchev–Trinajstić information content (AvgIpc) is 2.75. The Morgan fingerprint density at radius 1 is 0.378 bits per heavy atom. The van der Waals surface area contributed by atoms with Crippen molar-refractivity contribution in [1.82, 2.24) is 5.32 Å². The Bertz CT molecular complexity index is 1520. The number of unbranched alkanes of at least 4 members (excludes halogenated alkanes) is 56. The van der Waals surface area contributed by atoms with Gasteiger partial charge in [0.05, 0.1) is 25.4 Å². The molecule has 1 heterocycles. The van der Waals surface area contributed by atoms with Crippen LogP contribution in [0.5, 0.6) is 0 Å². The summed E-state index contributed by atoms with van der Waals surface area (Å²) < 4.78 is 11.4. The first-order valence-corrected chi connectivity index (χ1v) is 40.2. The highest BCUT2D eigenvalue weighted by molar-refractivity contribution is 5.76. The van der Waals surface area contributed by atoms with E-state index in [9.17, 15) is 30.3 Å². The summed E-state index contributed by atoms with van der Waals surface area (Å²) in [5, 5.41) is 55.1. The molecule has 1 rings (SSSR count). The lowest BCUT2D eigenvalue weighted by molar-refractivity contribution is -0.302. The minimum Gasteiger partial charge on any atom is -0.394 e. The predicted octanol–water partition coefficient (Wildman–Crippen LogP) is 22.9. The molecule has 7 atom stereocenters. The fraction of sp³-hybridized carbons (Fsp3) is 0.914. The molecule has 0 aromatic rings. The normalized spacial score (nSPS) is 17.9. The van der Waals surface area contributed by atoms with Gasteiger partial charge in [-0.25, -0.2) is 0 Å². The summed E-state index contributed by atoms with van der Waals surface area (Å²) in [5.41, 5.74) is 0. The van der Waals surface area contributed by atoms with Crippen molar-refractivity contribution in [3.05, 3.63) is 36.5 Å². The predicted molar refractivity (Wildman–Crippen MR) is 387 cm³/mol. The van der Waals surface area contributed by atoms with Crippen molar-refractivity contribution in [2.24, 2.45) is 0 Å². The molecule has 1 amide bonds. The summed E-state index contributed by atoms with van der Waals surface area (Å²) in [6, 6.07) is -0.719. The van der Waals surface area contributed by atoms with E-state index >= 15 is 0 Å². The van der Waals surface area contributed by atoms with Crippen molar-refractivity contribution in [2.45, 2.75) is 461 Å². The maximum absolute atomic E-state index is 13.2. The Morgan fingerprint density at radius 2 is 0.656 bits per heavy atom. The van der Waals surface area contributed by atoms with Crippen LogP contribution in [-0.4, -0.2) is 87.5 Å². The van der Waals surface area contributed by atoms with Gasteiger partial charge < -0.3 is 40.3 Å². The van der Waals surface area contributed by atoms with E-state index in [1.165, 1.54) is 340 Å². The van der Waals surface area contributed by atoms with Crippen LogP contribution in [0, 0.1) is 0 Å². The van der Waals surface area contributed by atoms with E-state index in [4.69, 9.17) is 9.47 Å². The molecule has 7 unspecified atom stereocenters. The molecule has 0 bridgehead atoms. The summed E-state index contributed by atoms with van der Waals surface area (Å²) >= 11 is 0. The third kappa shape index (κ3) is 57.8. The van der Waals surface area contributed by atoms with Crippen LogP contribution in [0.15, 0.2) is 36.5 Å². The Labute approximate surface area is 559 Å². The van der Waals surface area contributed by atoms with Gasteiger partial charge in [-0.1, -0.05) is 397 Å². The number of carbonyl (C=O) groups excluding carboxylic acids is 1. The Kier molecular flexibility index (Phi) is 67.4. The third-order valence-electron chi connectivity index (χ3n) is 19.5. The Balaban J connectivity index is 2.03. The number of nitrogens with one attached hydrogen (secondary N) is 1. The number of amides is 1. The zero-order valence-corrected chi connectivity index (χ0v) is 59.9. The van der Waals surface area contributed by atoms with Gasteiger partial charge in [0, 0.05) is 6.42 Å². The molecule has 1 aliphatic heterocycles. The standard InChI is InChI=1S/C81H155NO8/c1-3-5-7-9-11-13-15-17-19-21-23-25-27-29-31-33-34-35-36-37-38-39-40-41-42-43-45-47-49-51-53-55-57-59-61-63-65-67-69-71-77(85)82-74(73-89-81-80(88)79(87)78(86)76(72-83)90-81)75(84)70-68-66-64-62-60-58-56-54-52-50-48-46-44-32-30-28-26-24-22-20-18-16-14-12-10-8-6-4-2/h15,17,21,23,27,29,74-76,78-81,83-84,86-88H,3-14,16,18-20,22,24-26,28,30-73H2,1-2H3,(H,82,85)/b17-15-,23-21-,29-27-. The molecule has 9 heteroatoms. The van der Waals surface area contributed by atoms with E-state index in [1.54, 1.807) is 0 Å². The number of aliphatic hydroxyl groups excluding tert-OH is 5. The van der Waals surface area contributed by atoms with Gasteiger partial charge in [0.25, 0.3) is 0 Å². The molecular formula is C81H155NO8. The zero-order chi connectivity index (χ0) is 64.9. The van der Waals surface area contributed by atoms with Crippen molar-refractivity contribution in [1.29, 1.82) is 0 Å². The van der Waals surface area contributed by atoms with Crippen LogP contribution >= 0.6 is 0 Å². The lowest BCUT2D eigenvalue weighted by atomic mass is 9.99. The summed E-state index contributed by atoms with van der Waals surface area (Å²) in [4.78, 5) is 13.2. The highest BCUT2D eigenvalue weighted by Crippen LogP contribution is 2.24. The number of rotatable bonds is 72. The van der Waals surface area contributed by atoms with E-state index in [-0.39, 0.29) is 12.5 Å². The van der Waals surface area contributed by atoms with Gasteiger partial charge >= 0.3 is 0 Å². The smallest absolute Gasteiger partial charge is 0.220 e. The summed E-state index contributed by atoms with van der Waals surface area (Å²) in [7, 11) is 0. The molecule has 0 spiro atoms. The summed E-state index contributed by atoms with van der Waals surface area (Å²) in [5.74, 6) is -0.134.